The van der Waals surface area contributed by atoms with Crippen LogP contribution in [-0.2, 0) is 0 Å². The first-order chi connectivity index (χ1) is 14.6. The van der Waals surface area contributed by atoms with E-state index in [1.807, 2.05) is 0 Å². The van der Waals surface area contributed by atoms with E-state index in [1.54, 1.807) is 60.7 Å². The summed E-state index contributed by atoms with van der Waals surface area (Å²) in [6.45, 7) is 0. The Balaban J connectivity index is 1.80. The second kappa shape index (κ2) is 9.26. The average molecular weight is 401 g/mol. The van der Waals surface area contributed by atoms with Crippen LogP contribution in [0, 0.1) is 11.3 Å². The molecule has 0 heterocycles. The number of amides is 2. The number of rotatable bonds is 5. The first-order valence-electron chi connectivity index (χ1n) is 9.00. The first kappa shape index (κ1) is 20.4. The molecule has 7 heteroatoms. The van der Waals surface area contributed by atoms with Gasteiger partial charge in [0.2, 0.25) is 0 Å². The zero-order valence-corrected chi connectivity index (χ0v) is 16.4. The van der Waals surface area contributed by atoms with Crippen molar-refractivity contribution in [2.75, 3.05) is 14.2 Å². The van der Waals surface area contributed by atoms with Crippen molar-refractivity contribution >= 4 is 11.8 Å². The van der Waals surface area contributed by atoms with Crippen molar-refractivity contribution in [3.8, 4) is 28.7 Å². The summed E-state index contributed by atoms with van der Waals surface area (Å²) in [5, 5.41) is 9.36. The summed E-state index contributed by atoms with van der Waals surface area (Å²) >= 11 is 0. The Labute approximate surface area is 173 Å². The van der Waals surface area contributed by atoms with Gasteiger partial charge in [-0.25, -0.2) is 0 Å². The number of hydrogen-bond donors (Lipinski definition) is 2. The molecular weight excluding hydrogens is 382 g/mol. The number of methoxy groups -OCH3 is 2. The number of carbonyl (C=O) groups is 2. The molecule has 3 rings (SSSR count). The highest BCUT2D eigenvalue weighted by Gasteiger charge is 2.16. The molecule has 0 aliphatic heterocycles. The van der Waals surface area contributed by atoms with E-state index in [0.29, 0.717) is 33.8 Å². The Morgan fingerprint density at radius 1 is 0.800 bits per heavy atom. The number of nitriles is 1. The van der Waals surface area contributed by atoms with Crippen LogP contribution < -0.4 is 20.3 Å². The van der Waals surface area contributed by atoms with E-state index in [9.17, 15) is 14.9 Å². The molecule has 150 valence electrons. The maximum absolute atomic E-state index is 12.7. The van der Waals surface area contributed by atoms with Crippen LogP contribution in [0.25, 0.3) is 11.1 Å². The van der Waals surface area contributed by atoms with Gasteiger partial charge in [-0.1, -0.05) is 36.4 Å². The summed E-state index contributed by atoms with van der Waals surface area (Å²) in [6, 6.07) is 20.7. The average Bonchev–Trinajstić information content (AvgIpc) is 2.81. The standard InChI is InChI=1S/C23H19N3O4/c1-29-20-12-11-15(13-21(20)30-2)22(27)25-26-23(28)19-10-6-5-9-18(19)17-8-4-3-7-16(17)14-24/h3-13H,1-2H3,(H,25,27)(H,26,28). The lowest BCUT2D eigenvalue weighted by Gasteiger charge is -2.13. The van der Waals surface area contributed by atoms with Gasteiger partial charge in [-0.2, -0.15) is 5.26 Å². The second-order valence-corrected chi connectivity index (χ2v) is 6.18. The molecule has 3 aromatic carbocycles. The predicted molar refractivity (Wildman–Crippen MR) is 111 cm³/mol. The molecule has 2 N–H and O–H groups in total. The minimum absolute atomic E-state index is 0.288. The Morgan fingerprint density at radius 2 is 1.43 bits per heavy atom. The van der Waals surface area contributed by atoms with Crippen molar-refractivity contribution in [3.05, 3.63) is 83.4 Å². The number of hydrogen-bond acceptors (Lipinski definition) is 5. The molecule has 0 atom stereocenters. The molecule has 0 aliphatic carbocycles. The molecule has 0 unspecified atom stereocenters. The van der Waals surface area contributed by atoms with Gasteiger partial charge in [-0.3, -0.25) is 20.4 Å². The Bertz CT molecular complexity index is 1140. The molecule has 0 aliphatic rings. The molecule has 3 aromatic rings. The van der Waals surface area contributed by atoms with Crippen LogP contribution in [0.3, 0.4) is 0 Å². The highest BCUT2D eigenvalue weighted by Crippen LogP contribution is 2.28. The van der Waals surface area contributed by atoms with Crippen LogP contribution in [0.1, 0.15) is 26.3 Å². The number of ether oxygens (including phenoxy) is 2. The minimum Gasteiger partial charge on any atom is -0.493 e. The van der Waals surface area contributed by atoms with Gasteiger partial charge in [0.1, 0.15) is 0 Å². The van der Waals surface area contributed by atoms with E-state index in [1.165, 1.54) is 20.3 Å². The third kappa shape index (κ3) is 4.23. The predicted octanol–water partition coefficient (Wildman–Crippen LogP) is 3.32. The van der Waals surface area contributed by atoms with Crippen molar-refractivity contribution in [2.24, 2.45) is 0 Å². The van der Waals surface area contributed by atoms with E-state index in [0.717, 1.165) is 0 Å². The molecule has 0 bridgehead atoms. The van der Waals surface area contributed by atoms with Crippen molar-refractivity contribution < 1.29 is 19.1 Å². The normalized spacial score (nSPS) is 9.90. The molecule has 7 nitrogen and oxygen atoms in total. The van der Waals surface area contributed by atoms with Gasteiger partial charge in [0.05, 0.1) is 25.9 Å². The van der Waals surface area contributed by atoms with Crippen LogP contribution in [0.2, 0.25) is 0 Å². The number of carbonyl (C=O) groups excluding carboxylic acids is 2. The van der Waals surface area contributed by atoms with Gasteiger partial charge in [0.15, 0.2) is 11.5 Å². The molecule has 0 radical (unpaired) electrons. The summed E-state index contributed by atoms with van der Waals surface area (Å²) in [7, 11) is 2.97. The van der Waals surface area contributed by atoms with E-state index >= 15 is 0 Å². The minimum atomic E-state index is -0.515. The van der Waals surface area contributed by atoms with Gasteiger partial charge >= 0.3 is 0 Å². The van der Waals surface area contributed by atoms with Crippen molar-refractivity contribution in [2.45, 2.75) is 0 Å². The van der Waals surface area contributed by atoms with Crippen LogP contribution in [-0.4, -0.2) is 26.0 Å². The topological polar surface area (TPSA) is 100 Å². The molecule has 0 spiro atoms. The lowest BCUT2D eigenvalue weighted by atomic mass is 9.95. The molecular formula is C23H19N3O4. The smallest absolute Gasteiger partial charge is 0.270 e. The fraction of sp³-hybridized carbons (Fsp3) is 0.0870. The van der Waals surface area contributed by atoms with Crippen LogP contribution in [0.5, 0.6) is 11.5 Å². The third-order valence-corrected chi connectivity index (χ3v) is 4.44. The van der Waals surface area contributed by atoms with Crippen LogP contribution in [0.15, 0.2) is 66.7 Å². The van der Waals surface area contributed by atoms with E-state index < -0.39 is 11.8 Å². The molecule has 0 aromatic heterocycles. The molecule has 30 heavy (non-hydrogen) atoms. The van der Waals surface area contributed by atoms with E-state index in [2.05, 4.69) is 16.9 Å². The summed E-state index contributed by atoms with van der Waals surface area (Å²) < 4.78 is 10.3. The van der Waals surface area contributed by atoms with Gasteiger partial charge in [-0.05, 0) is 35.9 Å². The molecule has 0 saturated carbocycles. The SMILES string of the molecule is COc1ccc(C(=O)NNC(=O)c2ccccc2-c2ccccc2C#N)cc1OC. The van der Waals surface area contributed by atoms with Gasteiger partial charge in [0, 0.05) is 16.7 Å². The summed E-state index contributed by atoms with van der Waals surface area (Å²) in [5.74, 6) is -0.135. The zero-order valence-electron chi connectivity index (χ0n) is 16.4. The highest BCUT2D eigenvalue weighted by atomic mass is 16.5. The molecule has 2 amide bonds. The Hall–Kier alpha value is -4.31. The zero-order chi connectivity index (χ0) is 21.5. The van der Waals surface area contributed by atoms with E-state index in [-0.39, 0.29) is 5.56 Å². The maximum Gasteiger partial charge on any atom is 0.270 e. The fourth-order valence-corrected chi connectivity index (χ4v) is 2.96. The van der Waals surface area contributed by atoms with Gasteiger partial charge < -0.3 is 9.47 Å². The van der Waals surface area contributed by atoms with Crippen molar-refractivity contribution in [1.82, 2.24) is 10.9 Å². The lowest BCUT2D eigenvalue weighted by Crippen LogP contribution is -2.41. The largest absolute Gasteiger partial charge is 0.493 e. The molecule has 0 saturated heterocycles. The third-order valence-electron chi connectivity index (χ3n) is 4.44. The van der Waals surface area contributed by atoms with Crippen molar-refractivity contribution in [3.63, 3.8) is 0 Å². The van der Waals surface area contributed by atoms with Gasteiger partial charge in [-0.15, -0.1) is 0 Å². The summed E-state index contributed by atoms with van der Waals surface area (Å²) in [4.78, 5) is 25.2. The van der Waals surface area contributed by atoms with Gasteiger partial charge in [0.25, 0.3) is 11.8 Å². The van der Waals surface area contributed by atoms with Crippen molar-refractivity contribution in [1.29, 1.82) is 5.26 Å². The number of nitrogens with one attached hydrogen (secondary N) is 2. The monoisotopic (exact) mass is 401 g/mol. The summed E-state index contributed by atoms with van der Waals surface area (Å²) in [5.41, 5.74) is 7.10. The Morgan fingerprint density at radius 3 is 2.13 bits per heavy atom. The fourth-order valence-electron chi connectivity index (χ4n) is 2.96. The maximum atomic E-state index is 12.7. The highest BCUT2D eigenvalue weighted by molar-refractivity contribution is 6.03. The summed E-state index contributed by atoms with van der Waals surface area (Å²) in [6.07, 6.45) is 0. The number of nitrogens with zero attached hydrogens (tertiary/aromatic N) is 1. The first-order valence-corrected chi connectivity index (χ1v) is 9.00. The van der Waals surface area contributed by atoms with Crippen LogP contribution >= 0.6 is 0 Å². The molecule has 0 fully saturated rings. The number of benzene rings is 3. The quantitative estimate of drug-likeness (QED) is 0.639. The van der Waals surface area contributed by atoms with Crippen LogP contribution in [0.4, 0.5) is 0 Å². The lowest BCUT2D eigenvalue weighted by molar-refractivity contribution is 0.0847. The number of hydrazine groups is 1. The second-order valence-electron chi connectivity index (χ2n) is 6.18. The Kier molecular flexibility index (Phi) is 6.30. The van der Waals surface area contributed by atoms with E-state index in [4.69, 9.17) is 9.47 Å².